The molecule has 5 heteroatoms. The van der Waals surface area contributed by atoms with Gasteiger partial charge in [-0.3, -0.25) is 4.79 Å². The second-order valence-corrected chi connectivity index (χ2v) is 5.69. The zero-order chi connectivity index (χ0) is 16.1. The average molecular weight is 311 g/mol. The van der Waals surface area contributed by atoms with Crippen LogP contribution in [0.25, 0.3) is 0 Å². The maximum absolute atomic E-state index is 12.5. The van der Waals surface area contributed by atoms with E-state index in [1.54, 1.807) is 6.20 Å². The van der Waals surface area contributed by atoms with Crippen LogP contribution < -0.4 is 4.74 Å². The van der Waals surface area contributed by atoms with Crippen molar-refractivity contribution >= 4 is 5.91 Å². The first kappa shape index (κ1) is 15.5. The molecule has 0 bridgehead atoms. The lowest BCUT2D eigenvalue weighted by Crippen LogP contribution is -2.32. The normalized spacial score (nSPS) is 17.3. The van der Waals surface area contributed by atoms with Crippen molar-refractivity contribution in [3.63, 3.8) is 0 Å². The first-order valence-electron chi connectivity index (χ1n) is 8.01. The second kappa shape index (κ2) is 7.22. The maximum atomic E-state index is 12.5. The molecule has 1 saturated heterocycles. The van der Waals surface area contributed by atoms with Gasteiger partial charge in [-0.05, 0) is 38.0 Å². The Balaban J connectivity index is 1.58. The molecule has 1 unspecified atom stereocenters. The molecular weight excluding hydrogens is 290 g/mol. The zero-order valence-electron chi connectivity index (χ0n) is 13.3. The molecule has 1 atom stereocenters. The van der Waals surface area contributed by atoms with E-state index < -0.39 is 0 Å². The van der Waals surface area contributed by atoms with Gasteiger partial charge >= 0.3 is 0 Å². The summed E-state index contributed by atoms with van der Waals surface area (Å²) in [5.74, 6) is 1.67. The molecule has 120 valence electrons. The molecule has 23 heavy (non-hydrogen) atoms. The fourth-order valence-corrected chi connectivity index (χ4v) is 2.95. The molecular formula is C18H21N3O2. The zero-order valence-corrected chi connectivity index (χ0v) is 13.3. The Morgan fingerprint density at radius 3 is 2.91 bits per heavy atom. The SMILES string of the molecule is Cc1nccc(C2CCCN2C(=O)CCOc2ccccc2)n1. The molecule has 1 fully saturated rings. The van der Waals surface area contributed by atoms with Crippen molar-refractivity contribution in [2.45, 2.75) is 32.2 Å². The lowest BCUT2D eigenvalue weighted by Gasteiger charge is -2.24. The number of carbonyl (C=O) groups excluding carboxylic acids is 1. The molecule has 1 aliphatic heterocycles. The van der Waals surface area contributed by atoms with E-state index in [2.05, 4.69) is 9.97 Å². The Labute approximate surface area is 136 Å². The minimum absolute atomic E-state index is 0.0703. The van der Waals surface area contributed by atoms with Crippen molar-refractivity contribution in [2.75, 3.05) is 13.2 Å². The highest BCUT2D eigenvalue weighted by molar-refractivity contribution is 5.77. The maximum Gasteiger partial charge on any atom is 0.226 e. The standard InChI is InChI=1S/C18H21N3O2/c1-14-19-11-9-16(20-14)17-8-5-12-21(17)18(22)10-13-23-15-6-3-2-4-7-15/h2-4,6-7,9,11,17H,5,8,10,12-13H2,1H3. The third-order valence-electron chi connectivity index (χ3n) is 4.04. The number of likely N-dealkylation sites (tertiary alicyclic amines) is 1. The van der Waals surface area contributed by atoms with Gasteiger partial charge in [0.1, 0.15) is 11.6 Å². The Bertz CT molecular complexity index is 660. The molecule has 5 nitrogen and oxygen atoms in total. The summed E-state index contributed by atoms with van der Waals surface area (Å²) in [6.07, 6.45) is 4.12. The fraction of sp³-hybridized carbons (Fsp3) is 0.389. The lowest BCUT2D eigenvalue weighted by atomic mass is 10.1. The smallest absolute Gasteiger partial charge is 0.226 e. The molecule has 2 heterocycles. The van der Waals surface area contributed by atoms with Crippen LogP contribution in [0.4, 0.5) is 0 Å². The third-order valence-corrected chi connectivity index (χ3v) is 4.04. The molecule has 0 spiro atoms. The quantitative estimate of drug-likeness (QED) is 0.852. The monoisotopic (exact) mass is 311 g/mol. The van der Waals surface area contributed by atoms with Crippen LogP contribution in [-0.4, -0.2) is 33.9 Å². The van der Waals surface area contributed by atoms with E-state index in [1.807, 2.05) is 48.2 Å². The largest absolute Gasteiger partial charge is 0.493 e. The van der Waals surface area contributed by atoms with E-state index in [0.29, 0.717) is 13.0 Å². The molecule has 1 aromatic carbocycles. The van der Waals surface area contributed by atoms with E-state index in [4.69, 9.17) is 4.74 Å². The van der Waals surface area contributed by atoms with Crippen LogP contribution in [0.5, 0.6) is 5.75 Å². The topological polar surface area (TPSA) is 55.3 Å². The van der Waals surface area contributed by atoms with Crippen molar-refractivity contribution in [3.8, 4) is 5.75 Å². The van der Waals surface area contributed by atoms with Gasteiger partial charge in [0.05, 0.1) is 24.8 Å². The molecule has 3 rings (SSSR count). The van der Waals surface area contributed by atoms with E-state index >= 15 is 0 Å². The van der Waals surface area contributed by atoms with Crippen LogP contribution in [0.15, 0.2) is 42.6 Å². The van der Waals surface area contributed by atoms with Crippen molar-refractivity contribution in [2.24, 2.45) is 0 Å². The van der Waals surface area contributed by atoms with Crippen LogP contribution in [-0.2, 0) is 4.79 Å². The Morgan fingerprint density at radius 1 is 1.30 bits per heavy atom. The summed E-state index contributed by atoms with van der Waals surface area (Å²) in [5.41, 5.74) is 0.937. The minimum Gasteiger partial charge on any atom is -0.493 e. The van der Waals surface area contributed by atoms with Gasteiger partial charge in [-0.15, -0.1) is 0 Å². The first-order chi connectivity index (χ1) is 11.2. The third kappa shape index (κ3) is 3.86. The molecule has 1 aliphatic rings. The summed E-state index contributed by atoms with van der Waals surface area (Å²) >= 11 is 0. The molecule has 2 aromatic rings. The van der Waals surface area contributed by atoms with E-state index in [9.17, 15) is 4.79 Å². The van der Waals surface area contributed by atoms with Crippen LogP contribution in [0, 0.1) is 6.92 Å². The minimum atomic E-state index is 0.0703. The van der Waals surface area contributed by atoms with Crippen LogP contribution >= 0.6 is 0 Å². The number of hydrogen-bond donors (Lipinski definition) is 0. The summed E-state index contributed by atoms with van der Waals surface area (Å²) in [7, 11) is 0. The van der Waals surface area contributed by atoms with Gasteiger partial charge in [0.25, 0.3) is 0 Å². The van der Waals surface area contributed by atoms with Gasteiger partial charge in [-0.2, -0.15) is 0 Å². The average Bonchev–Trinajstić information content (AvgIpc) is 3.05. The number of hydrogen-bond acceptors (Lipinski definition) is 4. The van der Waals surface area contributed by atoms with E-state index in [0.717, 1.165) is 36.7 Å². The molecule has 0 N–H and O–H groups in total. The van der Waals surface area contributed by atoms with E-state index in [-0.39, 0.29) is 11.9 Å². The molecule has 0 radical (unpaired) electrons. The van der Waals surface area contributed by atoms with Crippen molar-refractivity contribution in [3.05, 3.63) is 54.1 Å². The number of ether oxygens (including phenoxy) is 1. The summed E-state index contributed by atoms with van der Waals surface area (Å²) in [4.78, 5) is 23.0. The second-order valence-electron chi connectivity index (χ2n) is 5.69. The van der Waals surface area contributed by atoms with Crippen molar-refractivity contribution in [1.29, 1.82) is 0 Å². The Morgan fingerprint density at radius 2 is 2.13 bits per heavy atom. The number of benzene rings is 1. The molecule has 0 saturated carbocycles. The van der Waals surface area contributed by atoms with E-state index in [1.165, 1.54) is 0 Å². The van der Waals surface area contributed by atoms with Gasteiger partial charge in [0.2, 0.25) is 5.91 Å². The van der Waals surface area contributed by atoms with Crippen LogP contribution in [0.1, 0.15) is 36.8 Å². The summed E-state index contributed by atoms with van der Waals surface area (Å²) in [6, 6.07) is 11.6. The molecule has 1 amide bonds. The van der Waals surface area contributed by atoms with Crippen molar-refractivity contribution < 1.29 is 9.53 Å². The highest BCUT2D eigenvalue weighted by Gasteiger charge is 2.30. The first-order valence-corrected chi connectivity index (χ1v) is 8.01. The van der Waals surface area contributed by atoms with Crippen molar-refractivity contribution in [1.82, 2.24) is 14.9 Å². The van der Waals surface area contributed by atoms with Gasteiger partial charge < -0.3 is 9.64 Å². The summed E-state index contributed by atoms with van der Waals surface area (Å²) in [6.45, 7) is 3.06. The van der Waals surface area contributed by atoms with Gasteiger partial charge in [0.15, 0.2) is 0 Å². The number of aromatic nitrogens is 2. The van der Waals surface area contributed by atoms with Crippen LogP contribution in [0.3, 0.4) is 0 Å². The van der Waals surface area contributed by atoms with Gasteiger partial charge in [-0.1, -0.05) is 18.2 Å². The molecule has 1 aromatic heterocycles. The van der Waals surface area contributed by atoms with Gasteiger partial charge in [-0.25, -0.2) is 9.97 Å². The number of para-hydroxylation sites is 1. The Kier molecular flexibility index (Phi) is 4.86. The number of aryl methyl sites for hydroxylation is 1. The van der Waals surface area contributed by atoms with Gasteiger partial charge in [0, 0.05) is 12.7 Å². The summed E-state index contributed by atoms with van der Waals surface area (Å²) in [5, 5.41) is 0. The Hall–Kier alpha value is -2.43. The number of carbonyl (C=O) groups is 1. The highest BCUT2D eigenvalue weighted by atomic mass is 16.5. The number of amides is 1. The molecule has 0 aliphatic carbocycles. The highest BCUT2D eigenvalue weighted by Crippen LogP contribution is 2.31. The summed E-state index contributed by atoms with van der Waals surface area (Å²) < 4.78 is 5.62. The predicted octanol–water partition coefficient (Wildman–Crippen LogP) is 2.92. The predicted molar refractivity (Wildman–Crippen MR) is 87.0 cm³/mol. The van der Waals surface area contributed by atoms with Crippen LogP contribution in [0.2, 0.25) is 0 Å². The number of rotatable bonds is 5. The lowest BCUT2D eigenvalue weighted by molar-refractivity contribution is -0.132. The fourth-order valence-electron chi connectivity index (χ4n) is 2.95. The number of nitrogens with zero attached hydrogens (tertiary/aromatic N) is 3.